The van der Waals surface area contributed by atoms with Gasteiger partial charge >= 0.3 is 24.2 Å². The maximum atomic E-state index is 13.2. The number of rotatable bonds is 14. The van der Waals surface area contributed by atoms with E-state index in [0.717, 1.165) is 43.5 Å². The van der Waals surface area contributed by atoms with E-state index in [0.29, 0.717) is 63.9 Å². The average molecular weight is 736 g/mol. The van der Waals surface area contributed by atoms with E-state index < -0.39 is 23.8 Å². The predicted octanol–water partition coefficient (Wildman–Crippen LogP) is 4.33. The fourth-order valence-electron chi connectivity index (χ4n) is 6.83. The standard InChI is InChI=1S/C38H53N7O8/c1-38(2,3)53-37(48)45-20-19-43(24-30(45)23-39-4)34-31-14-18-44(36(47)52-26-28-11-7-6-8-12-28)25-32(31)40-35(41-34)51-27-29-13-9-16-42(29)17-10-21-50-22-15-33(46)49-5/h6-8,11-12,29-30H,9-10,13-27H2,1-3,5H3/t29-,30-/m0/s1. The molecule has 15 heteroatoms. The van der Waals surface area contributed by atoms with Crippen molar-refractivity contribution in [3.8, 4) is 6.01 Å². The summed E-state index contributed by atoms with van der Waals surface area (Å²) in [6, 6.07) is 9.58. The molecular formula is C38H53N7O8. The number of hydrogen-bond acceptors (Lipinski definition) is 12. The summed E-state index contributed by atoms with van der Waals surface area (Å²) < 4.78 is 28.0. The smallest absolute Gasteiger partial charge is 0.410 e. The van der Waals surface area contributed by atoms with E-state index in [2.05, 4.69) is 19.4 Å². The van der Waals surface area contributed by atoms with Gasteiger partial charge in [-0.3, -0.25) is 14.6 Å². The third-order valence-electron chi connectivity index (χ3n) is 9.51. The Hall–Kier alpha value is -4.68. The van der Waals surface area contributed by atoms with Gasteiger partial charge in [0, 0.05) is 50.9 Å². The number of hydrogen-bond donors (Lipinski definition) is 0. The molecule has 53 heavy (non-hydrogen) atoms. The van der Waals surface area contributed by atoms with Gasteiger partial charge in [0.25, 0.3) is 0 Å². The van der Waals surface area contributed by atoms with Gasteiger partial charge in [0.15, 0.2) is 0 Å². The van der Waals surface area contributed by atoms with Gasteiger partial charge in [0.05, 0.1) is 32.4 Å². The van der Waals surface area contributed by atoms with Crippen LogP contribution in [0.15, 0.2) is 30.3 Å². The number of aromatic nitrogens is 2. The van der Waals surface area contributed by atoms with Crippen LogP contribution < -0.4 is 9.64 Å². The first kappa shape index (κ1) is 39.5. The Morgan fingerprint density at radius 1 is 1.00 bits per heavy atom. The Balaban J connectivity index is 1.29. The monoisotopic (exact) mass is 735 g/mol. The minimum atomic E-state index is -0.655. The van der Waals surface area contributed by atoms with Crippen molar-refractivity contribution in [1.82, 2.24) is 24.7 Å². The molecular weight excluding hydrogens is 682 g/mol. The number of carbonyl (C=O) groups excluding carboxylic acids is 3. The van der Waals surface area contributed by atoms with Crippen LogP contribution in [0.4, 0.5) is 15.4 Å². The highest BCUT2D eigenvalue weighted by Gasteiger charge is 2.38. The summed E-state index contributed by atoms with van der Waals surface area (Å²) in [6.07, 6.45) is 2.77. The molecule has 2 atom stereocenters. The number of anilines is 1. The lowest BCUT2D eigenvalue weighted by Gasteiger charge is -2.41. The number of fused-ring (bicyclic) bond motifs is 1. The van der Waals surface area contributed by atoms with Crippen LogP contribution >= 0.6 is 0 Å². The molecule has 3 aliphatic heterocycles. The first-order valence-corrected chi connectivity index (χ1v) is 18.5. The minimum Gasteiger partial charge on any atom is -0.469 e. The molecule has 0 unspecified atom stereocenters. The molecule has 1 aromatic heterocycles. The second kappa shape index (κ2) is 18.9. The van der Waals surface area contributed by atoms with Crippen LogP contribution in [0.5, 0.6) is 6.01 Å². The van der Waals surface area contributed by atoms with Crippen LogP contribution in [0, 0.1) is 6.57 Å². The number of methoxy groups -OCH3 is 1. The van der Waals surface area contributed by atoms with E-state index in [-0.39, 0.29) is 44.1 Å². The lowest BCUT2D eigenvalue weighted by molar-refractivity contribution is -0.141. The Morgan fingerprint density at radius 3 is 2.57 bits per heavy atom. The van der Waals surface area contributed by atoms with Gasteiger partial charge in [-0.2, -0.15) is 9.97 Å². The quantitative estimate of drug-likeness (QED) is 0.118. The SMILES string of the molecule is [C-]#[N+]C[C@H]1CN(c2nc(OC[C@@H]3CCCN3CCCOCCC(=O)OC)nc3c2CCN(C(=O)OCc2ccccc2)C3)CCN1C(=O)OC(C)(C)C. The second-order valence-electron chi connectivity index (χ2n) is 14.5. The molecule has 2 fully saturated rings. The molecule has 0 spiro atoms. The summed E-state index contributed by atoms with van der Waals surface area (Å²) in [5, 5.41) is 0. The van der Waals surface area contributed by atoms with Crippen molar-refractivity contribution in [3.63, 3.8) is 0 Å². The van der Waals surface area contributed by atoms with E-state index in [1.807, 2.05) is 51.1 Å². The molecule has 3 aliphatic rings. The molecule has 0 radical (unpaired) electrons. The Labute approximate surface area is 312 Å². The van der Waals surface area contributed by atoms with Crippen LogP contribution in [0.25, 0.3) is 4.85 Å². The average Bonchev–Trinajstić information content (AvgIpc) is 3.60. The molecule has 2 aromatic rings. The molecule has 0 saturated carbocycles. The van der Waals surface area contributed by atoms with Crippen LogP contribution in [0.2, 0.25) is 0 Å². The van der Waals surface area contributed by atoms with E-state index in [4.69, 9.17) is 35.5 Å². The third-order valence-corrected chi connectivity index (χ3v) is 9.51. The first-order chi connectivity index (χ1) is 25.5. The largest absolute Gasteiger partial charge is 0.469 e. The number of nitrogens with zero attached hydrogens (tertiary/aromatic N) is 7. The van der Waals surface area contributed by atoms with Crippen LogP contribution in [0.1, 0.15) is 63.3 Å². The van der Waals surface area contributed by atoms with Gasteiger partial charge in [-0.05, 0) is 58.6 Å². The van der Waals surface area contributed by atoms with Crippen molar-refractivity contribution >= 4 is 24.0 Å². The van der Waals surface area contributed by atoms with Crippen molar-refractivity contribution in [3.05, 3.63) is 58.6 Å². The zero-order valence-electron chi connectivity index (χ0n) is 31.5. The summed E-state index contributed by atoms with van der Waals surface area (Å²) in [5.41, 5.74) is 1.87. The lowest BCUT2D eigenvalue weighted by atomic mass is 10.0. The molecule has 0 N–H and O–H groups in total. The van der Waals surface area contributed by atoms with Gasteiger partial charge in [-0.25, -0.2) is 16.2 Å². The first-order valence-electron chi connectivity index (χ1n) is 18.5. The summed E-state index contributed by atoms with van der Waals surface area (Å²) in [4.78, 5) is 58.9. The molecule has 288 valence electrons. The molecule has 0 aliphatic carbocycles. The minimum absolute atomic E-state index is 0.126. The van der Waals surface area contributed by atoms with Gasteiger partial charge in [0.1, 0.15) is 30.7 Å². The summed E-state index contributed by atoms with van der Waals surface area (Å²) >= 11 is 0. The van der Waals surface area contributed by atoms with E-state index >= 15 is 0 Å². The zero-order valence-corrected chi connectivity index (χ0v) is 31.5. The van der Waals surface area contributed by atoms with Gasteiger partial charge < -0.3 is 38.3 Å². The van der Waals surface area contributed by atoms with Crippen molar-refractivity contribution in [2.45, 2.75) is 83.7 Å². The molecule has 1 aromatic carbocycles. The normalized spacial score (nSPS) is 19.0. The summed E-state index contributed by atoms with van der Waals surface area (Å²) in [6.45, 7) is 18.4. The molecule has 15 nitrogen and oxygen atoms in total. The zero-order chi connectivity index (χ0) is 37.8. The third kappa shape index (κ3) is 11.4. The lowest BCUT2D eigenvalue weighted by Crippen LogP contribution is -2.57. The number of amides is 2. The second-order valence-corrected chi connectivity index (χ2v) is 14.5. The van der Waals surface area contributed by atoms with Gasteiger partial charge in [0.2, 0.25) is 6.54 Å². The van der Waals surface area contributed by atoms with Gasteiger partial charge in [-0.15, -0.1) is 0 Å². The number of likely N-dealkylation sites (tertiary alicyclic amines) is 1. The van der Waals surface area contributed by atoms with Crippen LogP contribution in [-0.2, 0) is 43.3 Å². The fourth-order valence-corrected chi connectivity index (χ4v) is 6.83. The van der Waals surface area contributed by atoms with Crippen LogP contribution in [-0.4, -0.2) is 133 Å². The number of piperazine rings is 1. The highest BCUT2D eigenvalue weighted by atomic mass is 16.6. The molecule has 2 amide bonds. The molecule has 4 heterocycles. The maximum Gasteiger partial charge on any atom is 0.410 e. The van der Waals surface area contributed by atoms with Crippen molar-refractivity contribution in [1.29, 1.82) is 0 Å². The molecule has 2 saturated heterocycles. The fraction of sp³-hybridized carbons (Fsp3) is 0.632. The van der Waals surface area contributed by atoms with Crippen molar-refractivity contribution in [2.24, 2.45) is 0 Å². The van der Waals surface area contributed by atoms with Crippen molar-refractivity contribution in [2.75, 3.05) is 77.6 Å². The van der Waals surface area contributed by atoms with E-state index in [9.17, 15) is 14.4 Å². The highest BCUT2D eigenvalue weighted by Crippen LogP contribution is 2.31. The number of benzene rings is 1. The highest BCUT2D eigenvalue weighted by molar-refractivity contribution is 5.70. The van der Waals surface area contributed by atoms with Crippen LogP contribution in [0.3, 0.4) is 0 Å². The van der Waals surface area contributed by atoms with Gasteiger partial charge in [-0.1, -0.05) is 30.3 Å². The summed E-state index contributed by atoms with van der Waals surface area (Å²) in [7, 11) is 1.37. The number of carbonyl (C=O) groups is 3. The predicted molar refractivity (Wildman–Crippen MR) is 195 cm³/mol. The molecule has 5 rings (SSSR count). The number of esters is 1. The van der Waals surface area contributed by atoms with Crippen molar-refractivity contribution < 1.29 is 38.1 Å². The van der Waals surface area contributed by atoms with E-state index in [1.54, 1.807) is 9.80 Å². The van der Waals surface area contributed by atoms with E-state index in [1.165, 1.54) is 7.11 Å². The maximum absolute atomic E-state index is 13.2. The Kier molecular flexibility index (Phi) is 14.1. The summed E-state index contributed by atoms with van der Waals surface area (Å²) in [5.74, 6) is 0.421. The Bertz CT molecular complexity index is 1580. The molecule has 0 bridgehead atoms. The Morgan fingerprint density at radius 2 is 1.81 bits per heavy atom. The number of ether oxygens (including phenoxy) is 5. The topological polar surface area (TPSA) is 140 Å².